The molecule has 0 radical (unpaired) electrons. The topological polar surface area (TPSA) is 75.4 Å². The van der Waals surface area contributed by atoms with Crippen LogP contribution in [0.1, 0.15) is 35.7 Å². The standard InChI is InChI=1S/C16H20FN3O2/c1-9-4-10(7-18)8-20(9)16(22)12-5-11-2-3-15(21)19-14(11)6-13(12)17/h5-6,9-10H,2-4,7-8,18H2,1H3,(H,19,21). The van der Waals surface area contributed by atoms with Crippen LogP contribution < -0.4 is 11.1 Å². The van der Waals surface area contributed by atoms with E-state index in [1.807, 2.05) is 6.92 Å². The van der Waals surface area contributed by atoms with Gasteiger partial charge in [-0.2, -0.15) is 0 Å². The van der Waals surface area contributed by atoms with E-state index in [2.05, 4.69) is 5.32 Å². The van der Waals surface area contributed by atoms with Gasteiger partial charge in [0.2, 0.25) is 5.91 Å². The summed E-state index contributed by atoms with van der Waals surface area (Å²) in [5.74, 6) is -0.723. The number of benzene rings is 1. The van der Waals surface area contributed by atoms with E-state index < -0.39 is 5.82 Å². The average Bonchev–Trinajstić information content (AvgIpc) is 2.87. The number of likely N-dealkylation sites (tertiary alicyclic amines) is 1. The molecule has 2 unspecified atom stereocenters. The Morgan fingerprint density at radius 1 is 1.45 bits per heavy atom. The lowest BCUT2D eigenvalue weighted by atomic mass is 9.99. The zero-order valence-electron chi connectivity index (χ0n) is 12.6. The molecule has 2 atom stereocenters. The quantitative estimate of drug-likeness (QED) is 0.870. The molecule has 2 amide bonds. The summed E-state index contributed by atoms with van der Waals surface area (Å²) in [6.07, 6.45) is 1.75. The molecule has 0 spiro atoms. The average molecular weight is 305 g/mol. The van der Waals surface area contributed by atoms with Crippen molar-refractivity contribution < 1.29 is 14.0 Å². The third-order valence-corrected chi connectivity index (χ3v) is 4.57. The number of carbonyl (C=O) groups is 2. The molecule has 1 aromatic carbocycles. The Hall–Kier alpha value is -1.95. The summed E-state index contributed by atoms with van der Waals surface area (Å²) in [7, 11) is 0. The number of aryl methyl sites for hydroxylation is 1. The first-order chi connectivity index (χ1) is 10.5. The monoisotopic (exact) mass is 305 g/mol. The second-order valence-corrected chi connectivity index (χ2v) is 6.18. The van der Waals surface area contributed by atoms with Crippen LogP contribution in [0.3, 0.4) is 0 Å². The summed E-state index contributed by atoms with van der Waals surface area (Å²) in [6.45, 7) is 3.07. The largest absolute Gasteiger partial charge is 0.336 e. The van der Waals surface area contributed by atoms with E-state index in [-0.39, 0.29) is 29.3 Å². The van der Waals surface area contributed by atoms with Crippen LogP contribution in [0.15, 0.2) is 12.1 Å². The molecule has 5 nitrogen and oxygen atoms in total. The van der Waals surface area contributed by atoms with Crippen LogP contribution in [-0.2, 0) is 11.2 Å². The number of amides is 2. The van der Waals surface area contributed by atoms with Gasteiger partial charge in [0.15, 0.2) is 0 Å². The van der Waals surface area contributed by atoms with Gasteiger partial charge in [-0.1, -0.05) is 0 Å². The minimum Gasteiger partial charge on any atom is -0.336 e. The first-order valence-corrected chi connectivity index (χ1v) is 7.63. The normalized spacial score (nSPS) is 24.1. The lowest BCUT2D eigenvalue weighted by Gasteiger charge is -2.23. The number of hydrogen-bond donors (Lipinski definition) is 2. The van der Waals surface area contributed by atoms with Gasteiger partial charge < -0.3 is 16.0 Å². The van der Waals surface area contributed by atoms with Crippen molar-refractivity contribution in [1.82, 2.24) is 4.90 Å². The van der Waals surface area contributed by atoms with Crippen molar-refractivity contribution in [2.24, 2.45) is 11.7 Å². The van der Waals surface area contributed by atoms with E-state index in [9.17, 15) is 14.0 Å². The molecule has 1 aromatic rings. The Balaban J connectivity index is 1.89. The molecule has 1 saturated heterocycles. The zero-order chi connectivity index (χ0) is 15.9. The summed E-state index contributed by atoms with van der Waals surface area (Å²) < 4.78 is 14.3. The number of carbonyl (C=O) groups excluding carboxylic acids is 2. The molecule has 3 rings (SSSR count). The number of rotatable bonds is 2. The molecule has 1 fully saturated rings. The molecule has 118 valence electrons. The predicted octanol–water partition coefficient (Wildman–Crippen LogP) is 1.52. The third kappa shape index (κ3) is 2.59. The van der Waals surface area contributed by atoms with Crippen molar-refractivity contribution in [2.45, 2.75) is 32.2 Å². The Bertz CT molecular complexity index is 632. The fraction of sp³-hybridized carbons (Fsp3) is 0.500. The number of nitrogens with zero attached hydrogens (tertiary/aromatic N) is 1. The maximum absolute atomic E-state index is 14.3. The molecule has 0 aliphatic carbocycles. The lowest BCUT2D eigenvalue weighted by Crippen LogP contribution is -2.35. The van der Waals surface area contributed by atoms with Gasteiger partial charge >= 0.3 is 0 Å². The fourth-order valence-electron chi connectivity index (χ4n) is 3.32. The number of anilines is 1. The van der Waals surface area contributed by atoms with Crippen LogP contribution in [-0.4, -0.2) is 35.8 Å². The fourth-order valence-corrected chi connectivity index (χ4v) is 3.32. The van der Waals surface area contributed by atoms with Crippen molar-refractivity contribution in [2.75, 3.05) is 18.4 Å². The van der Waals surface area contributed by atoms with Gasteiger partial charge in [-0.25, -0.2) is 4.39 Å². The first-order valence-electron chi connectivity index (χ1n) is 7.63. The van der Waals surface area contributed by atoms with E-state index in [0.29, 0.717) is 31.6 Å². The Morgan fingerprint density at radius 2 is 2.23 bits per heavy atom. The summed E-state index contributed by atoms with van der Waals surface area (Å²) in [4.78, 5) is 25.7. The van der Waals surface area contributed by atoms with Crippen LogP contribution >= 0.6 is 0 Å². The van der Waals surface area contributed by atoms with Crippen molar-refractivity contribution in [3.8, 4) is 0 Å². The van der Waals surface area contributed by atoms with Crippen LogP contribution in [0.5, 0.6) is 0 Å². The molecule has 2 heterocycles. The van der Waals surface area contributed by atoms with Crippen molar-refractivity contribution >= 4 is 17.5 Å². The summed E-state index contributed by atoms with van der Waals surface area (Å²) >= 11 is 0. The molecule has 3 N–H and O–H groups in total. The van der Waals surface area contributed by atoms with E-state index >= 15 is 0 Å². The third-order valence-electron chi connectivity index (χ3n) is 4.57. The summed E-state index contributed by atoms with van der Waals surface area (Å²) in [5.41, 5.74) is 7.05. The number of hydrogen-bond acceptors (Lipinski definition) is 3. The predicted molar refractivity (Wildman–Crippen MR) is 81.0 cm³/mol. The van der Waals surface area contributed by atoms with E-state index in [1.54, 1.807) is 11.0 Å². The number of nitrogens with one attached hydrogen (secondary N) is 1. The Morgan fingerprint density at radius 3 is 2.91 bits per heavy atom. The van der Waals surface area contributed by atoms with E-state index in [4.69, 9.17) is 5.73 Å². The highest BCUT2D eigenvalue weighted by Crippen LogP contribution is 2.29. The highest BCUT2D eigenvalue weighted by molar-refractivity contribution is 5.98. The lowest BCUT2D eigenvalue weighted by molar-refractivity contribution is -0.116. The van der Waals surface area contributed by atoms with Crippen LogP contribution in [0.25, 0.3) is 0 Å². The molecule has 2 aliphatic rings. The zero-order valence-corrected chi connectivity index (χ0v) is 12.6. The second kappa shape index (κ2) is 5.68. The highest BCUT2D eigenvalue weighted by atomic mass is 19.1. The second-order valence-electron chi connectivity index (χ2n) is 6.18. The Labute approximate surface area is 128 Å². The summed E-state index contributed by atoms with van der Waals surface area (Å²) in [5, 5.41) is 2.64. The summed E-state index contributed by atoms with van der Waals surface area (Å²) in [6, 6.07) is 2.89. The number of fused-ring (bicyclic) bond motifs is 1. The van der Waals surface area contributed by atoms with E-state index in [0.717, 1.165) is 12.0 Å². The maximum Gasteiger partial charge on any atom is 0.257 e. The van der Waals surface area contributed by atoms with Gasteiger partial charge in [-0.15, -0.1) is 0 Å². The number of halogens is 1. The SMILES string of the molecule is CC1CC(CN)CN1C(=O)c1cc2c(cc1F)NC(=O)CC2. The van der Waals surface area contributed by atoms with Gasteiger partial charge in [0.05, 0.1) is 5.56 Å². The Kier molecular flexibility index (Phi) is 3.87. The van der Waals surface area contributed by atoms with Gasteiger partial charge in [0.1, 0.15) is 5.82 Å². The van der Waals surface area contributed by atoms with Gasteiger partial charge in [-0.3, -0.25) is 9.59 Å². The van der Waals surface area contributed by atoms with Gasteiger partial charge in [0.25, 0.3) is 5.91 Å². The molecule has 22 heavy (non-hydrogen) atoms. The molecule has 0 saturated carbocycles. The van der Waals surface area contributed by atoms with Crippen molar-refractivity contribution in [1.29, 1.82) is 0 Å². The van der Waals surface area contributed by atoms with Crippen LogP contribution in [0.4, 0.5) is 10.1 Å². The molecule has 2 aliphatic heterocycles. The highest BCUT2D eigenvalue weighted by Gasteiger charge is 2.33. The maximum atomic E-state index is 14.3. The van der Waals surface area contributed by atoms with Crippen molar-refractivity contribution in [3.63, 3.8) is 0 Å². The van der Waals surface area contributed by atoms with Gasteiger partial charge in [0, 0.05) is 24.7 Å². The van der Waals surface area contributed by atoms with Gasteiger partial charge in [-0.05, 0) is 49.9 Å². The molecule has 6 heteroatoms. The molecule has 0 aromatic heterocycles. The first kappa shape index (κ1) is 15.0. The minimum atomic E-state index is -0.589. The smallest absolute Gasteiger partial charge is 0.257 e. The van der Waals surface area contributed by atoms with Crippen LogP contribution in [0.2, 0.25) is 0 Å². The minimum absolute atomic E-state index is 0.0659. The molecule has 0 bridgehead atoms. The number of nitrogens with two attached hydrogens (primary N) is 1. The molecular formula is C16H20FN3O2. The van der Waals surface area contributed by atoms with E-state index in [1.165, 1.54) is 6.07 Å². The molecular weight excluding hydrogens is 285 g/mol. The van der Waals surface area contributed by atoms with Crippen LogP contribution in [0, 0.1) is 11.7 Å². The van der Waals surface area contributed by atoms with Crippen molar-refractivity contribution in [3.05, 3.63) is 29.1 Å².